The zero-order valence-corrected chi connectivity index (χ0v) is 16.0. The summed E-state index contributed by atoms with van der Waals surface area (Å²) in [5.41, 5.74) is 4.69. The molecule has 1 aliphatic rings. The van der Waals surface area contributed by atoms with E-state index >= 15 is 0 Å². The molecule has 0 N–H and O–H groups in total. The van der Waals surface area contributed by atoms with Gasteiger partial charge in [0.1, 0.15) is 0 Å². The molecular weight excluding hydrogens is 374 g/mol. The predicted octanol–water partition coefficient (Wildman–Crippen LogP) is 4.07. The summed E-state index contributed by atoms with van der Waals surface area (Å²) in [6.45, 7) is 3.44. The number of aromatic nitrogens is 4. The number of nitrogens with zero attached hydrogens (tertiary/aromatic N) is 5. The Morgan fingerprint density at radius 2 is 1.93 bits per heavy atom. The summed E-state index contributed by atoms with van der Waals surface area (Å²) < 4.78 is 3.93. The van der Waals surface area contributed by atoms with Crippen LogP contribution >= 0.6 is 11.6 Å². The highest BCUT2D eigenvalue weighted by molar-refractivity contribution is 6.30. The number of hydrogen-bond donors (Lipinski definition) is 0. The topological polar surface area (TPSA) is 55.4 Å². The van der Waals surface area contributed by atoms with Gasteiger partial charge >= 0.3 is 0 Å². The quantitative estimate of drug-likeness (QED) is 0.517. The van der Waals surface area contributed by atoms with Crippen LogP contribution in [0.15, 0.2) is 61.1 Å². The molecule has 0 aliphatic carbocycles. The van der Waals surface area contributed by atoms with Crippen LogP contribution in [0.3, 0.4) is 0 Å². The molecule has 1 atom stereocenters. The number of amides is 1. The fourth-order valence-electron chi connectivity index (χ4n) is 3.92. The Morgan fingerprint density at radius 3 is 2.75 bits per heavy atom. The minimum absolute atomic E-state index is 0.0368. The van der Waals surface area contributed by atoms with E-state index in [0.29, 0.717) is 17.3 Å². The number of carbonyl (C=O) groups excluding carboxylic acids is 1. The van der Waals surface area contributed by atoms with E-state index in [1.54, 1.807) is 35.2 Å². The van der Waals surface area contributed by atoms with Crippen molar-refractivity contribution in [2.24, 2.45) is 0 Å². The van der Waals surface area contributed by atoms with E-state index in [9.17, 15) is 4.79 Å². The molecule has 0 aromatic carbocycles. The molecule has 0 spiro atoms. The lowest BCUT2D eigenvalue weighted by atomic mass is 10.1. The van der Waals surface area contributed by atoms with Gasteiger partial charge in [-0.3, -0.25) is 9.78 Å². The number of fused-ring (bicyclic) bond motifs is 2. The summed E-state index contributed by atoms with van der Waals surface area (Å²) in [5, 5.41) is 5.00. The summed E-state index contributed by atoms with van der Waals surface area (Å²) in [4.78, 5) is 19.1. The van der Waals surface area contributed by atoms with Gasteiger partial charge in [0.15, 0.2) is 5.69 Å². The van der Waals surface area contributed by atoms with Gasteiger partial charge < -0.3 is 9.47 Å². The molecule has 5 heterocycles. The Kier molecular flexibility index (Phi) is 3.94. The Labute approximate surface area is 167 Å². The van der Waals surface area contributed by atoms with E-state index in [1.165, 1.54) is 0 Å². The summed E-state index contributed by atoms with van der Waals surface area (Å²) in [6.07, 6.45) is 5.31. The zero-order valence-electron chi connectivity index (χ0n) is 15.3. The molecule has 1 aliphatic heterocycles. The molecule has 7 heteroatoms. The van der Waals surface area contributed by atoms with E-state index < -0.39 is 0 Å². The minimum Gasteiger partial charge on any atom is -0.341 e. The molecule has 1 unspecified atom stereocenters. The number of hydrogen-bond acceptors (Lipinski definition) is 3. The second kappa shape index (κ2) is 6.49. The normalized spacial score (nSPS) is 16.4. The van der Waals surface area contributed by atoms with Crippen molar-refractivity contribution in [1.29, 1.82) is 0 Å². The molecule has 4 aromatic heterocycles. The summed E-state index contributed by atoms with van der Waals surface area (Å²) in [7, 11) is 0. The maximum absolute atomic E-state index is 13.2. The molecular formula is C21H18ClN5O. The van der Waals surface area contributed by atoms with Gasteiger partial charge in [0, 0.05) is 48.6 Å². The number of halogens is 1. The lowest BCUT2D eigenvalue weighted by Crippen LogP contribution is -2.41. The molecule has 4 aromatic rings. The van der Waals surface area contributed by atoms with Gasteiger partial charge in [-0.1, -0.05) is 11.6 Å². The third-order valence-electron chi connectivity index (χ3n) is 5.35. The third-order valence-corrected chi connectivity index (χ3v) is 5.58. The summed E-state index contributed by atoms with van der Waals surface area (Å²) >= 11 is 6.03. The van der Waals surface area contributed by atoms with E-state index in [1.807, 2.05) is 23.1 Å². The van der Waals surface area contributed by atoms with Gasteiger partial charge in [-0.2, -0.15) is 5.10 Å². The Balaban J connectivity index is 1.46. The predicted molar refractivity (Wildman–Crippen MR) is 107 cm³/mol. The fourth-order valence-corrected chi connectivity index (χ4v) is 4.08. The number of rotatable bonds is 2. The highest BCUT2D eigenvalue weighted by Gasteiger charge is 2.31. The Bertz CT molecular complexity index is 1180. The second-order valence-electron chi connectivity index (χ2n) is 6.95. The maximum Gasteiger partial charge on any atom is 0.275 e. The Morgan fingerprint density at radius 1 is 1.11 bits per heavy atom. The van der Waals surface area contributed by atoms with Crippen molar-refractivity contribution < 1.29 is 4.79 Å². The van der Waals surface area contributed by atoms with Crippen LogP contribution in [0.1, 0.15) is 29.1 Å². The molecule has 28 heavy (non-hydrogen) atoms. The van der Waals surface area contributed by atoms with Crippen LogP contribution in [0.4, 0.5) is 0 Å². The lowest BCUT2D eigenvalue weighted by Gasteiger charge is -2.35. The molecule has 0 fully saturated rings. The van der Waals surface area contributed by atoms with Crippen LogP contribution < -0.4 is 0 Å². The van der Waals surface area contributed by atoms with Crippen LogP contribution in [0.5, 0.6) is 0 Å². The number of carbonyl (C=O) groups is 1. The van der Waals surface area contributed by atoms with Crippen molar-refractivity contribution in [3.05, 3.63) is 77.5 Å². The van der Waals surface area contributed by atoms with Gasteiger partial charge in [-0.05, 0) is 49.4 Å². The smallest absolute Gasteiger partial charge is 0.275 e. The van der Waals surface area contributed by atoms with Crippen molar-refractivity contribution in [2.45, 2.75) is 19.5 Å². The maximum atomic E-state index is 13.2. The van der Waals surface area contributed by atoms with Crippen molar-refractivity contribution in [3.63, 3.8) is 0 Å². The van der Waals surface area contributed by atoms with E-state index in [0.717, 1.165) is 29.0 Å². The van der Waals surface area contributed by atoms with E-state index in [2.05, 4.69) is 33.7 Å². The van der Waals surface area contributed by atoms with Gasteiger partial charge in [0.05, 0.1) is 16.6 Å². The van der Waals surface area contributed by atoms with Crippen LogP contribution in [0.2, 0.25) is 5.02 Å². The molecule has 140 valence electrons. The Hall–Kier alpha value is -3.12. The van der Waals surface area contributed by atoms with Crippen molar-refractivity contribution in [2.75, 3.05) is 6.54 Å². The van der Waals surface area contributed by atoms with Crippen molar-refractivity contribution >= 4 is 23.0 Å². The molecule has 1 amide bonds. The molecule has 0 radical (unpaired) electrons. The second-order valence-corrected chi connectivity index (χ2v) is 7.39. The highest BCUT2D eigenvalue weighted by Crippen LogP contribution is 2.32. The minimum atomic E-state index is -0.0646. The number of pyridine rings is 2. The standard InChI is InChI=1S/C21H18ClN5O/c1-14-19-4-5-20(15-6-8-23-9-7-15)26(19)11-10-25(14)21(28)18-12-17-3-2-16(22)13-27(17)24-18/h2-9,12-14H,10-11H2,1H3. The van der Waals surface area contributed by atoms with Gasteiger partial charge in [-0.15, -0.1) is 0 Å². The van der Waals surface area contributed by atoms with Crippen molar-refractivity contribution in [3.8, 4) is 11.3 Å². The zero-order chi connectivity index (χ0) is 19.3. The van der Waals surface area contributed by atoms with Crippen molar-refractivity contribution in [1.82, 2.24) is 24.1 Å². The van der Waals surface area contributed by atoms with E-state index in [-0.39, 0.29) is 11.9 Å². The first-order valence-electron chi connectivity index (χ1n) is 9.17. The highest BCUT2D eigenvalue weighted by atomic mass is 35.5. The SMILES string of the molecule is CC1c2ccc(-c3ccncc3)n2CCN1C(=O)c1cc2ccc(Cl)cn2n1. The molecule has 0 bridgehead atoms. The first kappa shape index (κ1) is 17.0. The molecule has 0 saturated carbocycles. The first-order valence-corrected chi connectivity index (χ1v) is 9.55. The monoisotopic (exact) mass is 391 g/mol. The van der Waals surface area contributed by atoms with Crippen LogP contribution in [-0.4, -0.2) is 36.5 Å². The largest absolute Gasteiger partial charge is 0.341 e. The average Bonchev–Trinajstić information content (AvgIpc) is 3.32. The molecule has 6 nitrogen and oxygen atoms in total. The summed E-state index contributed by atoms with van der Waals surface area (Å²) in [6, 6.07) is 13.7. The van der Waals surface area contributed by atoms with Gasteiger partial charge in [0.25, 0.3) is 5.91 Å². The average molecular weight is 392 g/mol. The van der Waals surface area contributed by atoms with Crippen LogP contribution in [-0.2, 0) is 6.54 Å². The first-order chi connectivity index (χ1) is 13.6. The van der Waals surface area contributed by atoms with Crippen LogP contribution in [0, 0.1) is 0 Å². The molecule has 5 rings (SSSR count). The van der Waals surface area contributed by atoms with Gasteiger partial charge in [-0.25, -0.2) is 4.52 Å². The van der Waals surface area contributed by atoms with Crippen LogP contribution in [0.25, 0.3) is 16.8 Å². The third kappa shape index (κ3) is 2.68. The molecule has 0 saturated heterocycles. The van der Waals surface area contributed by atoms with E-state index in [4.69, 9.17) is 11.6 Å². The lowest BCUT2D eigenvalue weighted by molar-refractivity contribution is 0.0638. The fraction of sp³-hybridized carbons (Fsp3) is 0.190. The summed E-state index contributed by atoms with van der Waals surface area (Å²) in [5.74, 6) is -0.0646. The van der Waals surface area contributed by atoms with Gasteiger partial charge in [0.2, 0.25) is 0 Å².